The third-order valence-corrected chi connectivity index (χ3v) is 7.72. The van der Waals surface area contributed by atoms with E-state index in [0.717, 1.165) is 22.2 Å². The van der Waals surface area contributed by atoms with Gasteiger partial charge in [0.05, 0.1) is 6.04 Å². The fraction of sp³-hybridized carbons (Fsp3) is 0.519. The number of aliphatic imine (C=N–C) groups is 1. The van der Waals surface area contributed by atoms with Crippen molar-refractivity contribution in [3.05, 3.63) is 36.0 Å². The molecule has 1 saturated heterocycles. The summed E-state index contributed by atoms with van der Waals surface area (Å²) in [7, 11) is 0. The first-order chi connectivity index (χ1) is 19.6. The lowest BCUT2D eigenvalue weighted by Gasteiger charge is -2.28. The summed E-state index contributed by atoms with van der Waals surface area (Å²) in [5.74, 6) is -2.02. The van der Waals surface area contributed by atoms with Crippen molar-refractivity contribution >= 4 is 52.3 Å². The van der Waals surface area contributed by atoms with E-state index in [1.807, 2.05) is 30.5 Å². The highest BCUT2D eigenvalue weighted by molar-refractivity contribution is 7.98. The van der Waals surface area contributed by atoms with Crippen LogP contribution in [0.4, 0.5) is 0 Å². The molecule has 41 heavy (non-hydrogen) atoms. The highest BCUT2D eigenvalue weighted by Crippen LogP contribution is 2.21. The number of carboxylic acids is 1. The number of thioether (sulfide) groups is 1. The Morgan fingerprint density at radius 3 is 2.63 bits per heavy atom. The van der Waals surface area contributed by atoms with Crippen LogP contribution in [0.2, 0.25) is 0 Å². The smallest absolute Gasteiger partial charge is 0.326 e. The van der Waals surface area contributed by atoms with Gasteiger partial charge in [-0.1, -0.05) is 18.2 Å². The standard InChI is InChI=1S/C27H40N8O5S/c1-41-13-10-18(28)25(38)35-12-5-9-22(35)24(37)33-20(8-4-11-31-27(29)30)23(36)34-21(26(39)40)14-16-15-32-19-7-3-2-6-17(16)19/h2-3,6-7,15,18,20-22,32H,4-5,8-14,28H2,1H3,(H,33,37)(H,34,36)(H,39,40)(H4,29,30,31). The molecule has 1 aromatic heterocycles. The number of carbonyl (C=O) groups is 4. The van der Waals surface area contributed by atoms with Crippen LogP contribution in [0.15, 0.2) is 35.5 Å². The summed E-state index contributed by atoms with van der Waals surface area (Å²) in [6, 6.07) is 3.68. The molecular formula is C27H40N8O5S. The lowest BCUT2D eigenvalue weighted by Crippen LogP contribution is -2.56. The van der Waals surface area contributed by atoms with Crippen LogP contribution in [0.25, 0.3) is 10.9 Å². The number of hydrogen-bond donors (Lipinski definition) is 7. The second-order valence-corrected chi connectivity index (χ2v) is 11.0. The summed E-state index contributed by atoms with van der Waals surface area (Å²) in [5, 5.41) is 16.1. The van der Waals surface area contributed by atoms with Crippen LogP contribution in [0.5, 0.6) is 0 Å². The predicted octanol–water partition coefficient (Wildman–Crippen LogP) is -0.110. The molecule has 2 heterocycles. The van der Waals surface area contributed by atoms with Gasteiger partial charge < -0.3 is 42.8 Å². The van der Waals surface area contributed by atoms with Gasteiger partial charge >= 0.3 is 5.97 Å². The van der Waals surface area contributed by atoms with Gasteiger partial charge in [-0.3, -0.25) is 19.4 Å². The Labute approximate surface area is 243 Å². The van der Waals surface area contributed by atoms with Crippen LogP contribution in [0.3, 0.4) is 0 Å². The van der Waals surface area contributed by atoms with Crippen molar-refractivity contribution in [2.45, 2.75) is 62.7 Å². The van der Waals surface area contributed by atoms with Gasteiger partial charge in [-0.05, 0) is 55.7 Å². The number of benzene rings is 1. The minimum Gasteiger partial charge on any atom is -0.480 e. The molecule has 1 aromatic carbocycles. The van der Waals surface area contributed by atoms with E-state index in [1.54, 1.807) is 18.0 Å². The lowest BCUT2D eigenvalue weighted by atomic mass is 10.0. The van der Waals surface area contributed by atoms with Crippen LogP contribution in [-0.4, -0.2) is 93.9 Å². The SMILES string of the molecule is CSCCC(N)C(=O)N1CCCC1C(=O)NC(CCCN=C(N)N)C(=O)NC(Cc1c[nH]c2ccccc12)C(=O)O. The molecule has 0 spiro atoms. The summed E-state index contributed by atoms with van der Waals surface area (Å²) in [6.07, 6.45) is 5.75. The van der Waals surface area contributed by atoms with Crippen LogP contribution >= 0.6 is 11.8 Å². The van der Waals surface area contributed by atoms with Crippen LogP contribution in [0.1, 0.15) is 37.7 Å². The Balaban J connectivity index is 1.73. The maximum atomic E-state index is 13.4. The van der Waals surface area contributed by atoms with E-state index in [1.165, 1.54) is 4.90 Å². The van der Waals surface area contributed by atoms with E-state index in [-0.39, 0.29) is 31.3 Å². The Morgan fingerprint density at radius 1 is 1.17 bits per heavy atom. The molecule has 13 nitrogen and oxygen atoms in total. The van der Waals surface area contributed by atoms with Crippen molar-refractivity contribution in [2.24, 2.45) is 22.2 Å². The highest BCUT2D eigenvalue weighted by atomic mass is 32.2. The molecule has 224 valence electrons. The molecule has 1 aliphatic rings. The lowest BCUT2D eigenvalue weighted by molar-refractivity contribution is -0.143. The van der Waals surface area contributed by atoms with Gasteiger partial charge in [0, 0.05) is 36.6 Å². The molecule has 3 amide bonds. The van der Waals surface area contributed by atoms with Crippen molar-refractivity contribution < 1.29 is 24.3 Å². The van der Waals surface area contributed by atoms with Gasteiger partial charge in [-0.25, -0.2) is 4.79 Å². The minimum absolute atomic E-state index is 0.0403. The van der Waals surface area contributed by atoms with E-state index in [9.17, 15) is 24.3 Å². The van der Waals surface area contributed by atoms with Gasteiger partial charge in [0.1, 0.15) is 18.1 Å². The molecule has 1 fully saturated rings. The number of aromatic amines is 1. The number of likely N-dealkylation sites (tertiary alicyclic amines) is 1. The summed E-state index contributed by atoms with van der Waals surface area (Å²) in [4.78, 5) is 60.3. The first-order valence-electron chi connectivity index (χ1n) is 13.6. The van der Waals surface area contributed by atoms with E-state index >= 15 is 0 Å². The normalized spacial score (nSPS) is 17.0. The zero-order valence-electron chi connectivity index (χ0n) is 23.2. The number of hydrogen-bond acceptors (Lipinski definition) is 7. The maximum Gasteiger partial charge on any atom is 0.326 e. The van der Waals surface area contributed by atoms with Crippen LogP contribution < -0.4 is 27.8 Å². The first kappa shape index (κ1) is 31.7. The largest absolute Gasteiger partial charge is 0.480 e. The molecule has 2 aromatic rings. The number of fused-ring (bicyclic) bond motifs is 1. The Kier molecular flexibility index (Phi) is 11.8. The van der Waals surface area contributed by atoms with Crippen molar-refractivity contribution in [3.63, 3.8) is 0 Å². The Bertz CT molecular complexity index is 1250. The number of nitrogens with two attached hydrogens (primary N) is 3. The number of amides is 3. The third kappa shape index (κ3) is 8.85. The van der Waals surface area contributed by atoms with Crippen molar-refractivity contribution in [1.82, 2.24) is 20.5 Å². The van der Waals surface area contributed by atoms with E-state index in [2.05, 4.69) is 20.6 Å². The van der Waals surface area contributed by atoms with Crippen LogP contribution in [0, 0.1) is 0 Å². The number of nitrogens with zero attached hydrogens (tertiary/aromatic N) is 2. The number of para-hydroxylation sites is 1. The number of H-pyrrole nitrogens is 1. The van der Waals surface area contributed by atoms with E-state index in [0.29, 0.717) is 32.2 Å². The fourth-order valence-electron chi connectivity index (χ4n) is 4.92. The highest BCUT2D eigenvalue weighted by Gasteiger charge is 2.37. The van der Waals surface area contributed by atoms with Gasteiger partial charge in [0.25, 0.3) is 0 Å². The molecule has 0 saturated carbocycles. The predicted molar refractivity (Wildman–Crippen MR) is 159 cm³/mol. The summed E-state index contributed by atoms with van der Waals surface area (Å²) >= 11 is 1.58. The minimum atomic E-state index is -1.24. The number of aromatic nitrogens is 1. The number of carbonyl (C=O) groups excluding carboxylic acids is 3. The second kappa shape index (κ2) is 15.3. The third-order valence-electron chi connectivity index (χ3n) is 7.08. The second-order valence-electron chi connectivity index (χ2n) is 10.1. The van der Waals surface area contributed by atoms with Gasteiger partial charge in [0.15, 0.2) is 5.96 Å². The zero-order valence-corrected chi connectivity index (χ0v) is 24.0. The number of carboxylic acid groups (broad SMARTS) is 1. The molecule has 14 heteroatoms. The van der Waals surface area contributed by atoms with Crippen molar-refractivity contribution in [3.8, 4) is 0 Å². The van der Waals surface area contributed by atoms with E-state index < -0.39 is 42.0 Å². The summed E-state index contributed by atoms with van der Waals surface area (Å²) < 4.78 is 0. The fourth-order valence-corrected chi connectivity index (χ4v) is 5.41. The van der Waals surface area contributed by atoms with Crippen molar-refractivity contribution in [2.75, 3.05) is 25.1 Å². The molecule has 3 rings (SSSR count). The summed E-state index contributed by atoms with van der Waals surface area (Å²) in [5.41, 5.74) is 18.5. The number of rotatable bonds is 15. The molecule has 10 N–H and O–H groups in total. The Morgan fingerprint density at radius 2 is 1.93 bits per heavy atom. The molecule has 0 aliphatic carbocycles. The van der Waals surface area contributed by atoms with Crippen molar-refractivity contribution in [1.29, 1.82) is 0 Å². The van der Waals surface area contributed by atoms with Crippen LogP contribution in [-0.2, 0) is 25.6 Å². The molecule has 0 radical (unpaired) electrons. The number of nitrogens with one attached hydrogen (secondary N) is 3. The molecule has 4 unspecified atom stereocenters. The molecular weight excluding hydrogens is 548 g/mol. The quantitative estimate of drug-likeness (QED) is 0.0836. The monoisotopic (exact) mass is 588 g/mol. The zero-order chi connectivity index (χ0) is 29.9. The topological polar surface area (TPSA) is 222 Å². The average molecular weight is 589 g/mol. The Hall–Kier alpha value is -3.78. The molecule has 0 bridgehead atoms. The summed E-state index contributed by atoms with van der Waals surface area (Å²) in [6.45, 7) is 0.620. The van der Waals surface area contributed by atoms with Gasteiger partial charge in [-0.15, -0.1) is 0 Å². The number of aliphatic carboxylic acids is 1. The maximum absolute atomic E-state index is 13.4. The number of guanidine groups is 1. The molecule has 1 aliphatic heterocycles. The van der Waals surface area contributed by atoms with E-state index in [4.69, 9.17) is 17.2 Å². The van der Waals surface area contributed by atoms with Gasteiger partial charge in [0.2, 0.25) is 17.7 Å². The van der Waals surface area contributed by atoms with Gasteiger partial charge in [-0.2, -0.15) is 11.8 Å². The molecule has 4 atom stereocenters. The average Bonchev–Trinajstić information content (AvgIpc) is 3.60. The first-order valence-corrected chi connectivity index (χ1v) is 15.0.